The van der Waals surface area contributed by atoms with E-state index < -0.39 is 17.9 Å². The van der Waals surface area contributed by atoms with Gasteiger partial charge in [-0.2, -0.15) is 9.90 Å². The van der Waals surface area contributed by atoms with Gasteiger partial charge in [0.15, 0.2) is 5.69 Å². The number of aromatic nitrogens is 3. The summed E-state index contributed by atoms with van der Waals surface area (Å²) in [6.07, 6.45) is 1.54. The number of methoxy groups -OCH3 is 1. The van der Waals surface area contributed by atoms with Crippen molar-refractivity contribution in [1.29, 1.82) is 0 Å². The molecule has 1 amide bonds. The number of carbonyl (C=O) groups excluding carboxylic acids is 2. The van der Waals surface area contributed by atoms with Crippen molar-refractivity contribution < 1.29 is 19.4 Å². The number of benzene rings is 2. The molecule has 3 aromatic rings. The minimum absolute atomic E-state index is 0.0819. The number of nitrogens with zero attached hydrogens (tertiary/aromatic N) is 3. The third-order valence-corrected chi connectivity index (χ3v) is 3.88. The maximum absolute atomic E-state index is 12.5. The number of nitrogens with one attached hydrogen (secondary N) is 1. The van der Waals surface area contributed by atoms with Gasteiger partial charge in [-0.15, -0.1) is 5.10 Å². The Hall–Kier alpha value is -3.68. The maximum Gasteiger partial charge on any atom is 0.328 e. The average Bonchev–Trinajstić information content (AvgIpc) is 3.19. The van der Waals surface area contributed by atoms with E-state index in [0.29, 0.717) is 5.69 Å². The van der Waals surface area contributed by atoms with Crippen LogP contribution in [-0.4, -0.2) is 45.1 Å². The molecule has 1 unspecified atom stereocenters. The summed E-state index contributed by atoms with van der Waals surface area (Å²) >= 11 is 0. The highest BCUT2D eigenvalue weighted by Gasteiger charge is 2.24. The fourth-order valence-electron chi connectivity index (χ4n) is 2.49. The molecule has 27 heavy (non-hydrogen) atoms. The maximum atomic E-state index is 12.5. The van der Waals surface area contributed by atoms with Gasteiger partial charge in [-0.1, -0.05) is 30.3 Å². The predicted octanol–water partition coefficient (Wildman–Crippen LogP) is 1.49. The minimum Gasteiger partial charge on any atom is -0.508 e. The van der Waals surface area contributed by atoms with Crippen LogP contribution in [-0.2, 0) is 16.0 Å². The summed E-state index contributed by atoms with van der Waals surface area (Å²) < 4.78 is 4.78. The van der Waals surface area contributed by atoms with Crippen LogP contribution in [0.3, 0.4) is 0 Å². The third kappa shape index (κ3) is 4.49. The number of aromatic hydroxyl groups is 1. The van der Waals surface area contributed by atoms with Gasteiger partial charge >= 0.3 is 5.97 Å². The standard InChI is InChI=1S/C19H18N4O4/c1-27-19(26)16(11-13-7-9-15(24)10-8-13)21-18(25)17-12-20-23(22-17)14-5-3-2-4-6-14/h2-10,12,16,24H,11H2,1H3,(H,21,25). The second-order valence-electron chi connectivity index (χ2n) is 5.77. The number of phenols is 1. The molecule has 8 heteroatoms. The first-order valence-corrected chi connectivity index (χ1v) is 8.21. The molecule has 0 radical (unpaired) electrons. The first kappa shape index (κ1) is 18.1. The zero-order chi connectivity index (χ0) is 19.2. The topological polar surface area (TPSA) is 106 Å². The van der Waals surface area contributed by atoms with Crippen molar-refractivity contribution in [3.8, 4) is 11.4 Å². The highest BCUT2D eigenvalue weighted by molar-refractivity contribution is 5.95. The molecule has 0 saturated heterocycles. The molecule has 1 aromatic heterocycles. The molecule has 2 N–H and O–H groups in total. The number of para-hydroxylation sites is 1. The molecule has 0 bridgehead atoms. The lowest BCUT2D eigenvalue weighted by Gasteiger charge is -2.16. The first-order chi connectivity index (χ1) is 13.1. The Morgan fingerprint density at radius 3 is 2.52 bits per heavy atom. The Morgan fingerprint density at radius 1 is 1.15 bits per heavy atom. The number of ether oxygens (including phenoxy) is 1. The normalized spacial score (nSPS) is 11.6. The SMILES string of the molecule is COC(=O)C(Cc1ccc(O)cc1)NC(=O)c1cnn(-c2ccccc2)n1. The van der Waals surface area contributed by atoms with Crippen LogP contribution in [0.4, 0.5) is 0 Å². The summed E-state index contributed by atoms with van der Waals surface area (Å²) in [6, 6.07) is 14.6. The van der Waals surface area contributed by atoms with E-state index in [-0.39, 0.29) is 17.9 Å². The van der Waals surface area contributed by atoms with Crippen molar-refractivity contribution >= 4 is 11.9 Å². The fraction of sp³-hybridized carbons (Fsp3) is 0.158. The van der Waals surface area contributed by atoms with E-state index in [0.717, 1.165) is 5.56 Å². The molecule has 0 spiro atoms. The third-order valence-electron chi connectivity index (χ3n) is 3.88. The van der Waals surface area contributed by atoms with Gasteiger partial charge in [0.25, 0.3) is 5.91 Å². The van der Waals surface area contributed by atoms with Gasteiger partial charge in [-0.05, 0) is 29.8 Å². The summed E-state index contributed by atoms with van der Waals surface area (Å²) in [5.41, 5.74) is 1.56. The lowest BCUT2D eigenvalue weighted by Crippen LogP contribution is -2.43. The van der Waals surface area contributed by atoms with E-state index in [1.807, 2.05) is 30.3 Å². The minimum atomic E-state index is -0.895. The summed E-state index contributed by atoms with van der Waals surface area (Å²) in [6.45, 7) is 0. The summed E-state index contributed by atoms with van der Waals surface area (Å²) in [4.78, 5) is 25.9. The van der Waals surface area contributed by atoms with E-state index in [1.54, 1.807) is 12.1 Å². The Kier molecular flexibility index (Phi) is 5.46. The number of hydrogen-bond acceptors (Lipinski definition) is 6. The van der Waals surface area contributed by atoms with E-state index in [9.17, 15) is 14.7 Å². The van der Waals surface area contributed by atoms with Crippen LogP contribution >= 0.6 is 0 Å². The highest BCUT2D eigenvalue weighted by atomic mass is 16.5. The number of hydrogen-bond donors (Lipinski definition) is 2. The van der Waals surface area contributed by atoms with Gasteiger partial charge in [0.1, 0.15) is 11.8 Å². The summed E-state index contributed by atoms with van der Waals surface area (Å²) in [5, 5.41) is 20.2. The molecule has 1 heterocycles. The number of amides is 1. The van der Waals surface area contributed by atoms with Crippen molar-refractivity contribution in [3.63, 3.8) is 0 Å². The molecular weight excluding hydrogens is 348 g/mol. The summed E-state index contributed by atoms with van der Waals surface area (Å²) in [5.74, 6) is -0.992. The van der Waals surface area contributed by atoms with Crippen LogP contribution in [0.5, 0.6) is 5.75 Å². The Morgan fingerprint density at radius 2 is 1.85 bits per heavy atom. The molecular formula is C19H18N4O4. The second-order valence-corrected chi connectivity index (χ2v) is 5.77. The number of esters is 1. The average molecular weight is 366 g/mol. The van der Waals surface area contributed by atoms with E-state index >= 15 is 0 Å². The Bertz CT molecular complexity index is 922. The zero-order valence-electron chi connectivity index (χ0n) is 14.6. The predicted molar refractivity (Wildman–Crippen MR) is 96.4 cm³/mol. The molecule has 0 aliphatic rings. The Balaban J connectivity index is 1.73. The van der Waals surface area contributed by atoms with Crippen molar-refractivity contribution in [2.75, 3.05) is 7.11 Å². The van der Waals surface area contributed by atoms with E-state index in [4.69, 9.17) is 4.74 Å². The lowest BCUT2D eigenvalue weighted by atomic mass is 10.1. The molecule has 0 saturated carbocycles. The van der Waals surface area contributed by atoms with Gasteiger partial charge in [-0.3, -0.25) is 4.79 Å². The highest BCUT2D eigenvalue weighted by Crippen LogP contribution is 2.12. The quantitative estimate of drug-likeness (QED) is 0.640. The van der Waals surface area contributed by atoms with Crippen molar-refractivity contribution in [3.05, 3.63) is 72.1 Å². The molecule has 1 atom stereocenters. The van der Waals surface area contributed by atoms with Crippen LogP contribution in [0.15, 0.2) is 60.8 Å². The van der Waals surface area contributed by atoms with Crippen molar-refractivity contribution in [2.24, 2.45) is 0 Å². The molecule has 0 aliphatic heterocycles. The van der Waals surface area contributed by atoms with Crippen LogP contribution < -0.4 is 5.32 Å². The largest absolute Gasteiger partial charge is 0.508 e. The van der Waals surface area contributed by atoms with Gasteiger partial charge < -0.3 is 15.2 Å². The van der Waals surface area contributed by atoms with Gasteiger partial charge in [0.2, 0.25) is 0 Å². The van der Waals surface area contributed by atoms with E-state index in [1.165, 1.54) is 30.2 Å². The van der Waals surface area contributed by atoms with E-state index in [2.05, 4.69) is 15.5 Å². The van der Waals surface area contributed by atoms with Crippen molar-refractivity contribution in [2.45, 2.75) is 12.5 Å². The Labute approximate surface area is 155 Å². The monoisotopic (exact) mass is 366 g/mol. The number of rotatable bonds is 6. The molecule has 8 nitrogen and oxygen atoms in total. The van der Waals surface area contributed by atoms with Crippen LogP contribution in [0.2, 0.25) is 0 Å². The van der Waals surface area contributed by atoms with Gasteiger partial charge in [0.05, 0.1) is 19.0 Å². The van der Waals surface area contributed by atoms with Crippen molar-refractivity contribution in [1.82, 2.24) is 20.3 Å². The van der Waals surface area contributed by atoms with Crippen LogP contribution in [0.1, 0.15) is 16.1 Å². The van der Waals surface area contributed by atoms with Gasteiger partial charge in [0, 0.05) is 6.42 Å². The number of carbonyl (C=O) groups is 2. The fourth-order valence-corrected chi connectivity index (χ4v) is 2.49. The molecule has 0 fully saturated rings. The zero-order valence-corrected chi connectivity index (χ0v) is 14.6. The van der Waals surface area contributed by atoms with Crippen LogP contribution in [0, 0.1) is 0 Å². The lowest BCUT2D eigenvalue weighted by molar-refractivity contribution is -0.142. The number of phenolic OH excluding ortho intramolecular Hbond substituents is 1. The molecule has 138 valence electrons. The summed E-state index contributed by atoms with van der Waals surface area (Å²) in [7, 11) is 1.25. The van der Waals surface area contributed by atoms with Gasteiger partial charge in [-0.25, -0.2) is 4.79 Å². The molecule has 2 aromatic carbocycles. The molecule has 0 aliphatic carbocycles. The molecule has 3 rings (SSSR count). The first-order valence-electron chi connectivity index (χ1n) is 8.21. The smallest absolute Gasteiger partial charge is 0.328 e. The van der Waals surface area contributed by atoms with Crippen LogP contribution in [0.25, 0.3) is 5.69 Å². The second kappa shape index (κ2) is 8.13.